The Labute approximate surface area is 140 Å². The third-order valence-corrected chi connectivity index (χ3v) is 3.72. The molecular weight excluding hydrogens is 305 g/mol. The number of hydrogen-bond acceptors (Lipinski definition) is 2. The van der Waals surface area contributed by atoms with Gasteiger partial charge in [-0.25, -0.2) is 9.37 Å². The van der Waals surface area contributed by atoms with Gasteiger partial charge in [0.2, 0.25) is 0 Å². The fourth-order valence-corrected chi connectivity index (χ4v) is 2.51. The van der Waals surface area contributed by atoms with Crippen molar-refractivity contribution in [3.8, 4) is 0 Å². The van der Waals surface area contributed by atoms with E-state index >= 15 is 0 Å². The number of nitrogens with zero attached hydrogens (tertiary/aromatic N) is 2. The second-order valence-corrected chi connectivity index (χ2v) is 5.47. The lowest BCUT2D eigenvalue weighted by atomic mass is 10.2. The van der Waals surface area contributed by atoms with Gasteiger partial charge in [0.25, 0.3) is 5.91 Å². The molecule has 4 nitrogen and oxygen atoms in total. The maximum Gasteiger partial charge on any atom is 0.251 e. The number of nitrogens with one attached hydrogen (secondary N) is 1. The van der Waals surface area contributed by atoms with Gasteiger partial charge < -0.3 is 9.88 Å². The van der Waals surface area contributed by atoms with Gasteiger partial charge in [-0.05, 0) is 23.8 Å². The van der Waals surface area contributed by atoms with Crippen molar-refractivity contribution in [3.63, 3.8) is 0 Å². The SMILES string of the molecule is O=C(NCCc1nccn1Cc1ccccc1)c1cccc(F)c1. The molecule has 0 saturated heterocycles. The summed E-state index contributed by atoms with van der Waals surface area (Å²) in [7, 11) is 0. The number of carbonyl (C=O) groups is 1. The Morgan fingerprint density at radius 1 is 1.12 bits per heavy atom. The molecule has 1 amide bonds. The monoisotopic (exact) mass is 323 g/mol. The van der Waals surface area contributed by atoms with E-state index in [4.69, 9.17) is 0 Å². The molecule has 122 valence electrons. The van der Waals surface area contributed by atoms with Gasteiger partial charge in [0.05, 0.1) is 0 Å². The van der Waals surface area contributed by atoms with E-state index in [1.807, 2.05) is 24.4 Å². The zero-order chi connectivity index (χ0) is 16.8. The molecule has 24 heavy (non-hydrogen) atoms. The predicted molar refractivity (Wildman–Crippen MR) is 90.2 cm³/mol. The Kier molecular flexibility index (Phi) is 5.01. The largest absolute Gasteiger partial charge is 0.352 e. The van der Waals surface area contributed by atoms with E-state index in [1.165, 1.54) is 23.8 Å². The highest BCUT2D eigenvalue weighted by molar-refractivity contribution is 5.94. The summed E-state index contributed by atoms with van der Waals surface area (Å²) in [5.41, 5.74) is 1.52. The normalized spacial score (nSPS) is 10.5. The topological polar surface area (TPSA) is 46.9 Å². The molecule has 1 N–H and O–H groups in total. The number of aromatic nitrogens is 2. The highest BCUT2D eigenvalue weighted by Gasteiger charge is 2.08. The Morgan fingerprint density at radius 3 is 2.75 bits per heavy atom. The highest BCUT2D eigenvalue weighted by Crippen LogP contribution is 2.06. The van der Waals surface area contributed by atoms with Crippen molar-refractivity contribution in [2.24, 2.45) is 0 Å². The molecule has 3 rings (SSSR count). The molecule has 0 fully saturated rings. The fraction of sp³-hybridized carbons (Fsp3) is 0.158. The van der Waals surface area contributed by atoms with Gasteiger partial charge in [-0.2, -0.15) is 0 Å². The third-order valence-electron chi connectivity index (χ3n) is 3.72. The number of carbonyl (C=O) groups excluding carboxylic acids is 1. The van der Waals surface area contributed by atoms with Crippen LogP contribution in [-0.2, 0) is 13.0 Å². The van der Waals surface area contributed by atoms with E-state index in [1.54, 1.807) is 12.3 Å². The second-order valence-electron chi connectivity index (χ2n) is 5.47. The van der Waals surface area contributed by atoms with E-state index in [9.17, 15) is 9.18 Å². The quantitative estimate of drug-likeness (QED) is 0.758. The maximum atomic E-state index is 13.1. The molecule has 1 heterocycles. The lowest BCUT2D eigenvalue weighted by Crippen LogP contribution is -2.26. The van der Waals surface area contributed by atoms with Crippen molar-refractivity contribution in [2.75, 3.05) is 6.54 Å². The number of amides is 1. The Bertz CT molecular complexity index is 814. The molecule has 0 aliphatic carbocycles. The molecular formula is C19H18FN3O. The standard InChI is InChI=1S/C19H18FN3O/c20-17-8-4-7-16(13-17)19(24)22-10-9-18-21-11-12-23(18)14-15-5-2-1-3-6-15/h1-8,11-13H,9-10,14H2,(H,22,24). The summed E-state index contributed by atoms with van der Waals surface area (Å²) in [5.74, 6) is 0.204. The maximum absolute atomic E-state index is 13.1. The van der Waals surface area contributed by atoms with E-state index in [2.05, 4.69) is 27.0 Å². The first kappa shape index (κ1) is 15.9. The number of imidazole rings is 1. The van der Waals surface area contributed by atoms with Crippen molar-refractivity contribution < 1.29 is 9.18 Å². The molecule has 0 saturated carbocycles. The van der Waals surface area contributed by atoms with Crippen molar-refractivity contribution in [3.05, 3.63) is 89.8 Å². The van der Waals surface area contributed by atoms with Gasteiger partial charge in [-0.3, -0.25) is 4.79 Å². The van der Waals surface area contributed by atoms with Crippen LogP contribution >= 0.6 is 0 Å². The molecule has 2 aromatic carbocycles. The zero-order valence-corrected chi connectivity index (χ0v) is 13.2. The van der Waals surface area contributed by atoms with E-state index < -0.39 is 5.82 Å². The van der Waals surface area contributed by atoms with Gasteiger partial charge >= 0.3 is 0 Å². The average Bonchev–Trinajstić information content (AvgIpc) is 3.03. The summed E-state index contributed by atoms with van der Waals surface area (Å²) >= 11 is 0. The summed E-state index contributed by atoms with van der Waals surface area (Å²) in [6.45, 7) is 1.19. The van der Waals surface area contributed by atoms with Crippen LogP contribution in [0.25, 0.3) is 0 Å². The molecule has 0 aliphatic rings. The summed E-state index contributed by atoms with van der Waals surface area (Å²) in [5, 5.41) is 2.80. The summed E-state index contributed by atoms with van der Waals surface area (Å²) in [6.07, 6.45) is 4.30. The molecule has 1 aromatic heterocycles. The lowest BCUT2D eigenvalue weighted by Gasteiger charge is -2.09. The van der Waals surface area contributed by atoms with Crippen LogP contribution in [0.3, 0.4) is 0 Å². The number of halogens is 1. The summed E-state index contributed by atoms with van der Waals surface area (Å²) < 4.78 is 15.2. The van der Waals surface area contributed by atoms with Gasteiger partial charge in [-0.15, -0.1) is 0 Å². The number of benzene rings is 2. The summed E-state index contributed by atoms with van der Waals surface area (Å²) in [6, 6.07) is 15.8. The molecule has 0 spiro atoms. The van der Waals surface area contributed by atoms with Gasteiger partial charge in [-0.1, -0.05) is 36.4 Å². The van der Waals surface area contributed by atoms with Crippen molar-refractivity contribution in [2.45, 2.75) is 13.0 Å². The Morgan fingerprint density at radius 2 is 1.96 bits per heavy atom. The van der Waals surface area contributed by atoms with E-state index in [-0.39, 0.29) is 5.91 Å². The zero-order valence-electron chi connectivity index (χ0n) is 13.2. The van der Waals surface area contributed by atoms with Crippen LogP contribution in [0.1, 0.15) is 21.7 Å². The fourth-order valence-electron chi connectivity index (χ4n) is 2.51. The minimum atomic E-state index is -0.416. The van der Waals surface area contributed by atoms with Crippen LogP contribution in [0.2, 0.25) is 0 Å². The molecule has 0 bridgehead atoms. The first-order valence-corrected chi connectivity index (χ1v) is 7.80. The van der Waals surface area contributed by atoms with Crippen LogP contribution in [0.4, 0.5) is 4.39 Å². The first-order valence-electron chi connectivity index (χ1n) is 7.80. The molecule has 0 aliphatic heterocycles. The summed E-state index contributed by atoms with van der Waals surface area (Å²) in [4.78, 5) is 16.3. The minimum Gasteiger partial charge on any atom is -0.352 e. The molecule has 0 unspecified atom stereocenters. The van der Waals surface area contributed by atoms with E-state index in [0.29, 0.717) is 18.5 Å². The van der Waals surface area contributed by atoms with Crippen LogP contribution < -0.4 is 5.32 Å². The van der Waals surface area contributed by atoms with Gasteiger partial charge in [0.15, 0.2) is 0 Å². The minimum absolute atomic E-state index is 0.282. The Hall–Kier alpha value is -2.95. The highest BCUT2D eigenvalue weighted by atomic mass is 19.1. The molecule has 0 radical (unpaired) electrons. The van der Waals surface area contributed by atoms with Crippen LogP contribution in [0.5, 0.6) is 0 Å². The van der Waals surface area contributed by atoms with Crippen molar-refractivity contribution >= 4 is 5.91 Å². The smallest absolute Gasteiger partial charge is 0.251 e. The number of hydrogen-bond donors (Lipinski definition) is 1. The average molecular weight is 323 g/mol. The molecule has 5 heteroatoms. The van der Waals surface area contributed by atoms with Crippen molar-refractivity contribution in [1.82, 2.24) is 14.9 Å². The lowest BCUT2D eigenvalue weighted by molar-refractivity contribution is 0.0953. The van der Waals surface area contributed by atoms with Gasteiger partial charge in [0, 0.05) is 37.5 Å². The second kappa shape index (κ2) is 7.55. The third kappa shape index (κ3) is 4.07. The van der Waals surface area contributed by atoms with Gasteiger partial charge in [0.1, 0.15) is 11.6 Å². The molecule has 3 aromatic rings. The predicted octanol–water partition coefficient (Wildman–Crippen LogP) is 3.04. The Balaban J connectivity index is 1.56. The van der Waals surface area contributed by atoms with Crippen molar-refractivity contribution in [1.29, 1.82) is 0 Å². The van der Waals surface area contributed by atoms with Crippen LogP contribution in [-0.4, -0.2) is 22.0 Å². The first-order chi connectivity index (χ1) is 11.7. The number of rotatable bonds is 6. The van der Waals surface area contributed by atoms with Crippen LogP contribution in [0.15, 0.2) is 67.0 Å². The molecule has 0 atom stereocenters. The van der Waals surface area contributed by atoms with Crippen LogP contribution in [0, 0.1) is 5.82 Å². The van der Waals surface area contributed by atoms with E-state index in [0.717, 1.165) is 12.4 Å².